The Morgan fingerprint density at radius 2 is 1.53 bits per heavy atom. The van der Waals surface area contributed by atoms with Crippen molar-refractivity contribution in [3.63, 3.8) is 0 Å². The molecular formula is C11H24N2O4. The second kappa shape index (κ2) is 11.3. The van der Waals surface area contributed by atoms with E-state index in [-0.39, 0.29) is 18.1 Å². The fourth-order valence-electron chi connectivity index (χ4n) is 1.13. The van der Waals surface area contributed by atoms with Crippen LogP contribution in [0.25, 0.3) is 0 Å². The summed E-state index contributed by atoms with van der Waals surface area (Å²) in [4.78, 5) is 20.8. The van der Waals surface area contributed by atoms with E-state index in [0.717, 1.165) is 6.42 Å². The molecule has 0 bridgehead atoms. The summed E-state index contributed by atoms with van der Waals surface area (Å²) in [6.07, 6.45) is 1.40. The van der Waals surface area contributed by atoms with E-state index in [4.69, 9.17) is 5.11 Å². The molecule has 0 amide bonds. The van der Waals surface area contributed by atoms with Gasteiger partial charge in [0.15, 0.2) is 0 Å². The van der Waals surface area contributed by atoms with Gasteiger partial charge in [0.25, 0.3) is 0 Å². The van der Waals surface area contributed by atoms with E-state index in [1.807, 2.05) is 13.8 Å². The van der Waals surface area contributed by atoms with Crippen molar-refractivity contribution in [1.29, 1.82) is 0 Å². The SMILES string of the molecule is CCC(NC)C(=O)O.CCC(NC)C(=O)OC. The number of carbonyl (C=O) groups is 2. The largest absolute Gasteiger partial charge is 0.480 e. The highest BCUT2D eigenvalue weighted by Gasteiger charge is 2.12. The van der Waals surface area contributed by atoms with Gasteiger partial charge in [-0.05, 0) is 26.9 Å². The molecule has 0 aromatic carbocycles. The molecule has 2 unspecified atom stereocenters. The Labute approximate surface area is 103 Å². The quantitative estimate of drug-likeness (QED) is 0.583. The Hall–Kier alpha value is -1.14. The summed E-state index contributed by atoms with van der Waals surface area (Å²) < 4.78 is 4.49. The second-order valence-electron chi connectivity index (χ2n) is 3.36. The topological polar surface area (TPSA) is 87.7 Å². The Balaban J connectivity index is 0. The molecule has 102 valence electrons. The Morgan fingerprint density at radius 1 is 1.12 bits per heavy atom. The number of ether oxygens (including phenoxy) is 1. The molecule has 0 saturated heterocycles. The molecule has 0 saturated carbocycles. The van der Waals surface area contributed by atoms with Crippen LogP contribution in [0, 0.1) is 0 Å². The lowest BCUT2D eigenvalue weighted by Crippen LogP contribution is -2.34. The van der Waals surface area contributed by atoms with Crippen molar-refractivity contribution < 1.29 is 19.4 Å². The number of rotatable bonds is 6. The zero-order valence-corrected chi connectivity index (χ0v) is 11.2. The van der Waals surface area contributed by atoms with E-state index < -0.39 is 5.97 Å². The van der Waals surface area contributed by atoms with Crippen LogP contribution in [0.15, 0.2) is 0 Å². The highest BCUT2D eigenvalue weighted by molar-refractivity contribution is 5.75. The van der Waals surface area contributed by atoms with Crippen LogP contribution < -0.4 is 10.6 Å². The molecule has 0 aromatic heterocycles. The van der Waals surface area contributed by atoms with Crippen molar-refractivity contribution in [3.05, 3.63) is 0 Å². The summed E-state index contributed by atoms with van der Waals surface area (Å²) in [6.45, 7) is 3.76. The van der Waals surface area contributed by atoms with Crippen molar-refractivity contribution in [2.45, 2.75) is 38.8 Å². The first kappa shape index (κ1) is 18.2. The van der Waals surface area contributed by atoms with Crippen molar-refractivity contribution in [3.8, 4) is 0 Å². The van der Waals surface area contributed by atoms with E-state index in [0.29, 0.717) is 6.42 Å². The number of methoxy groups -OCH3 is 1. The highest BCUT2D eigenvalue weighted by atomic mass is 16.5. The standard InChI is InChI=1S/C6H13NO2.C5H11NO2/c1-4-5(7-2)6(8)9-3;1-3-4(6-2)5(7)8/h5,7H,4H2,1-3H3;4,6H,3H2,1-2H3,(H,7,8). The summed E-state index contributed by atoms with van der Waals surface area (Å²) in [5, 5.41) is 13.8. The average Bonchev–Trinajstić information content (AvgIpc) is 2.32. The lowest BCUT2D eigenvalue weighted by atomic mass is 10.2. The van der Waals surface area contributed by atoms with Gasteiger partial charge in [-0.2, -0.15) is 0 Å². The number of hydrogen-bond donors (Lipinski definition) is 3. The minimum Gasteiger partial charge on any atom is -0.480 e. The maximum Gasteiger partial charge on any atom is 0.322 e. The van der Waals surface area contributed by atoms with Gasteiger partial charge >= 0.3 is 11.9 Å². The highest BCUT2D eigenvalue weighted by Crippen LogP contribution is 1.90. The van der Waals surface area contributed by atoms with E-state index in [1.165, 1.54) is 7.11 Å². The monoisotopic (exact) mass is 248 g/mol. The number of carbonyl (C=O) groups excluding carboxylic acids is 1. The van der Waals surface area contributed by atoms with Crippen LogP contribution in [0.1, 0.15) is 26.7 Å². The maximum atomic E-state index is 10.7. The normalized spacial score (nSPS) is 13.0. The molecule has 0 aliphatic heterocycles. The van der Waals surface area contributed by atoms with E-state index >= 15 is 0 Å². The van der Waals surface area contributed by atoms with Gasteiger partial charge in [0.2, 0.25) is 0 Å². The molecule has 6 heteroatoms. The molecule has 6 nitrogen and oxygen atoms in total. The molecule has 17 heavy (non-hydrogen) atoms. The van der Waals surface area contributed by atoms with Crippen LogP contribution in [0.4, 0.5) is 0 Å². The van der Waals surface area contributed by atoms with E-state index in [1.54, 1.807) is 14.1 Å². The zero-order valence-electron chi connectivity index (χ0n) is 11.2. The number of esters is 1. The lowest BCUT2D eigenvalue weighted by Gasteiger charge is -2.09. The predicted molar refractivity (Wildman–Crippen MR) is 65.9 cm³/mol. The van der Waals surface area contributed by atoms with Gasteiger partial charge in [-0.25, -0.2) is 0 Å². The maximum absolute atomic E-state index is 10.7. The summed E-state index contributed by atoms with van der Waals surface area (Å²) in [5.41, 5.74) is 0. The molecule has 0 rings (SSSR count). The van der Waals surface area contributed by atoms with Gasteiger partial charge in [-0.3, -0.25) is 9.59 Å². The van der Waals surface area contributed by atoms with Crippen LogP contribution >= 0.6 is 0 Å². The van der Waals surface area contributed by atoms with Gasteiger partial charge in [0.1, 0.15) is 12.1 Å². The third kappa shape index (κ3) is 8.65. The Bertz CT molecular complexity index is 214. The molecule has 0 spiro atoms. The molecule has 3 N–H and O–H groups in total. The fourth-order valence-corrected chi connectivity index (χ4v) is 1.13. The van der Waals surface area contributed by atoms with E-state index in [9.17, 15) is 9.59 Å². The fraction of sp³-hybridized carbons (Fsp3) is 0.818. The smallest absolute Gasteiger partial charge is 0.322 e. The number of likely N-dealkylation sites (N-methyl/N-ethyl adjacent to an activating group) is 2. The van der Waals surface area contributed by atoms with E-state index in [2.05, 4.69) is 15.4 Å². The van der Waals surface area contributed by atoms with Crippen LogP contribution in [0.2, 0.25) is 0 Å². The molecule has 0 aliphatic carbocycles. The lowest BCUT2D eigenvalue weighted by molar-refractivity contribution is -0.143. The first-order valence-electron chi connectivity index (χ1n) is 5.63. The van der Waals surface area contributed by atoms with Crippen molar-refractivity contribution in [2.75, 3.05) is 21.2 Å². The van der Waals surface area contributed by atoms with Crippen LogP contribution in [0.5, 0.6) is 0 Å². The molecule has 2 atom stereocenters. The first-order chi connectivity index (χ1) is 7.98. The summed E-state index contributed by atoms with van der Waals surface area (Å²) in [6, 6.07) is -0.523. The molecule has 0 heterocycles. The van der Waals surface area contributed by atoms with Crippen LogP contribution in [-0.2, 0) is 14.3 Å². The van der Waals surface area contributed by atoms with Crippen LogP contribution in [-0.4, -0.2) is 50.3 Å². The number of carboxylic acid groups (broad SMARTS) is 1. The summed E-state index contributed by atoms with van der Waals surface area (Å²) in [7, 11) is 4.77. The molecule has 0 aromatic rings. The first-order valence-corrected chi connectivity index (χ1v) is 5.63. The molecule has 0 fully saturated rings. The van der Waals surface area contributed by atoms with Gasteiger partial charge < -0.3 is 20.5 Å². The van der Waals surface area contributed by atoms with Crippen LogP contribution in [0.3, 0.4) is 0 Å². The zero-order chi connectivity index (χ0) is 13.8. The number of nitrogens with one attached hydrogen (secondary N) is 2. The number of aliphatic carboxylic acids is 1. The average molecular weight is 248 g/mol. The van der Waals surface area contributed by atoms with Crippen molar-refractivity contribution in [1.82, 2.24) is 10.6 Å². The van der Waals surface area contributed by atoms with Crippen molar-refractivity contribution in [2.24, 2.45) is 0 Å². The number of hydrogen-bond acceptors (Lipinski definition) is 5. The minimum atomic E-state index is -0.782. The van der Waals surface area contributed by atoms with Gasteiger partial charge in [0.05, 0.1) is 7.11 Å². The Kier molecular flexibility index (Phi) is 12.2. The molecule has 0 radical (unpaired) electrons. The number of carboxylic acids is 1. The third-order valence-corrected chi connectivity index (χ3v) is 2.30. The Morgan fingerprint density at radius 3 is 1.59 bits per heavy atom. The predicted octanol–water partition coefficient (Wildman–Crippen LogP) is 0.226. The minimum absolute atomic E-state index is 0.144. The molecular weight excluding hydrogens is 224 g/mol. The third-order valence-electron chi connectivity index (χ3n) is 2.30. The second-order valence-corrected chi connectivity index (χ2v) is 3.36. The van der Waals surface area contributed by atoms with Gasteiger partial charge in [-0.1, -0.05) is 13.8 Å². The van der Waals surface area contributed by atoms with Gasteiger partial charge in [-0.15, -0.1) is 0 Å². The van der Waals surface area contributed by atoms with Gasteiger partial charge in [0, 0.05) is 0 Å². The molecule has 0 aliphatic rings. The summed E-state index contributed by atoms with van der Waals surface area (Å²) >= 11 is 0. The summed E-state index contributed by atoms with van der Waals surface area (Å²) in [5.74, 6) is -0.977. The van der Waals surface area contributed by atoms with Crippen molar-refractivity contribution >= 4 is 11.9 Å².